The third-order valence-corrected chi connectivity index (χ3v) is 4.58. The molecular weight excluding hydrogens is 254 g/mol. The fourth-order valence-corrected chi connectivity index (χ4v) is 3.39. The van der Waals surface area contributed by atoms with Gasteiger partial charge in [-0.25, -0.2) is 0 Å². The second-order valence-electron chi connectivity index (χ2n) is 6.00. The summed E-state index contributed by atoms with van der Waals surface area (Å²) in [6, 6.07) is 3.14. The van der Waals surface area contributed by atoms with Gasteiger partial charge in [-0.3, -0.25) is 19.3 Å². The molecule has 2 bridgehead atoms. The molecule has 2 atom stereocenters. The van der Waals surface area contributed by atoms with Gasteiger partial charge in [0.15, 0.2) is 5.82 Å². The van der Waals surface area contributed by atoms with Crippen LogP contribution in [0.3, 0.4) is 0 Å². The monoisotopic (exact) mass is 277 g/mol. The van der Waals surface area contributed by atoms with E-state index in [1.54, 1.807) is 4.68 Å². The molecule has 110 valence electrons. The fraction of sp³-hybridized carbons (Fsp3) is 0.714. The molecule has 0 saturated carbocycles. The van der Waals surface area contributed by atoms with Gasteiger partial charge in [0.05, 0.1) is 6.54 Å². The fourth-order valence-electron chi connectivity index (χ4n) is 3.39. The Kier molecular flexibility index (Phi) is 3.76. The zero-order valence-corrected chi connectivity index (χ0v) is 12.2. The Morgan fingerprint density at radius 2 is 2.15 bits per heavy atom. The molecule has 1 aromatic rings. The smallest absolute Gasteiger partial charge is 0.239 e. The molecule has 6 nitrogen and oxygen atoms in total. The predicted octanol–water partition coefficient (Wildman–Crippen LogP) is 0.527. The summed E-state index contributed by atoms with van der Waals surface area (Å²) in [4.78, 5) is 16.8. The van der Waals surface area contributed by atoms with Crippen molar-refractivity contribution in [1.82, 2.24) is 19.6 Å². The molecule has 1 amide bonds. The predicted molar refractivity (Wildman–Crippen MR) is 77.5 cm³/mol. The van der Waals surface area contributed by atoms with Crippen molar-refractivity contribution in [2.75, 3.05) is 32.0 Å². The molecule has 2 fully saturated rings. The van der Waals surface area contributed by atoms with Crippen LogP contribution in [0.1, 0.15) is 19.3 Å². The summed E-state index contributed by atoms with van der Waals surface area (Å²) < 4.78 is 1.69. The molecule has 2 aliphatic heterocycles. The van der Waals surface area contributed by atoms with Crippen LogP contribution in [-0.2, 0) is 11.8 Å². The summed E-state index contributed by atoms with van der Waals surface area (Å²) in [7, 11) is 4.07. The molecule has 1 N–H and O–H groups in total. The molecule has 6 heteroatoms. The number of fused-ring (bicyclic) bond motifs is 2. The van der Waals surface area contributed by atoms with E-state index >= 15 is 0 Å². The van der Waals surface area contributed by atoms with Gasteiger partial charge in [-0.2, -0.15) is 5.10 Å². The minimum Gasteiger partial charge on any atom is -0.308 e. The lowest BCUT2D eigenvalue weighted by atomic mass is 10.1. The highest BCUT2D eigenvalue weighted by Gasteiger charge is 2.34. The first-order chi connectivity index (χ1) is 9.61. The normalized spacial score (nSPS) is 27.5. The maximum absolute atomic E-state index is 12.1. The zero-order chi connectivity index (χ0) is 14.1. The van der Waals surface area contributed by atoms with Crippen molar-refractivity contribution in [3.05, 3.63) is 12.3 Å². The summed E-state index contributed by atoms with van der Waals surface area (Å²) >= 11 is 0. The molecule has 2 aliphatic rings. The topological polar surface area (TPSA) is 53.4 Å². The average Bonchev–Trinajstić information content (AvgIpc) is 2.88. The summed E-state index contributed by atoms with van der Waals surface area (Å²) in [6.45, 7) is 2.48. The van der Waals surface area contributed by atoms with Crippen LogP contribution in [-0.4, -0.2) is 64.3 Å². The van der Waals surface area contributed by atoms with E-state index in [0.29, 0.717) is 24.4 Å². The van der Waals surface area contributed by atoms with Crippen LogP contribution in [0.5, 0.6) is 0 Å². The molecule has 3 rings (SSSR count). The number of aromatic nitrogens is 2. The molecule has 1 aromatic heterocycles. The Bertz CT molecular complexity index is 486. The molecule has 0 aromatic carbocycles. The number of hydrogen-bond donors (Lipinski definition) is 1. The van der Waals surface area contributed by atoms with Crippen LogP contribution < -0.4 is 5.32 Å². The van der Waals surface area contributed by atoms with E-state index in [-0.39, 0.29) is 5.91 Å². The van der Waals surface area contributed by atoms with E-state index in [2.05, 4.69) is 27.3 Å². The molecular formula is C14H23N5O. The van der Waals surface area contributed by atoms with Gasteiger partial charge in [0, 0.05) is 44.5 Å². The van der Waals surface area contributed by atoms with Crippen molar-refractivity contribution < 1.29 is 4.79 Å². The number of anilines is 1. The lowest BCUT2D eigenvalue weighted by Crippen LogP contribution is -2.40. The van der Waals surface area contributed by atoms with Crippen LogP contribution in [0.15, 0.2) is 12.3 Å². The molecule has 0 radical (unpaired) electrons. The first-order valence-electron chi connectivity index (χ1n) is 7.35. The van der Waals surface area contributed by atoms with Gasteiger partial charge in [0.25, 0.3) is 0 Å². The maximum Gasteiger partial charge on any atom is 0.239 e. The second kappa shape index (κ2) is 5.54. The van der Waals surface area contributed by atoms with Crippen LogP contribution >= 0.6 is 0 Å². The first-order valence-corrected chi connectivity index (χ1v) is 7.35. The molecule has 20 heavy (non-hydrogen) atoms. The number of hydrogen-bond acceptors (Lipinski definition) is 4. The number of carbonyl (C=O) groups excluding carboxylic acids is 1. The largest absolute Gasteiger partial charge is 0.308 e. The Labute approximate surface area is 119 Å². The maximum atomic E-state index is 12.1. The highest BCUT2D eigenvalue weighted by atomic mass is 16.2. The Balaban J connectivity index is 1.54. The third-order valence-electron chi connectivity index (χ3n) is 4.58. The van der Waals surface area contributed by atoms with Gasteiger partial charge < -0.3 is 5.32 Å². The van der Waals surface area contributed by atoms with Crippen LogP contribution in [0.4, 0.5) is 5.82 Å². The standard InChI is InChI=1S/C14H23N5O/c1-17-7-6-13(16-17)15-14(20)10-19-8-5-11-3-4-12(9-19)18(11)2/h6-7,11-12H,3-5,8-10H2,1-2H3,(H,15,16,20)/t11-,12+/m0/s1. The highest BCUT2D eigenvalue weighted by Crippen LogP contribution is 2.28. The van der Waals surface area contributed by atoms with E-state index in [9.17, 15) is 4.79 Å². The van der Waals surface area contributed by atoms with Crippen molar-refractivity contribution in [3.63, 3.8) is 0 Å². The lowest BCUT2D eigenvalue weighted by molar-refractivity contribution is -0.117. The second-order valence-corrected chi connectivity index (χ2v) is 6.00. The Hall–Kier alpha value is -1.40. The van der Waals surface area contributed by atoms with E-state index in [1.807, 2.05) is 19.3 Å². The van der Waals surface area contributed by atoms with Gasteiger partial charge in [0.2, 0.25) is 5.91 Å². The van der Waals surface area contributed by atoms with E-state index in [4.69, 9.17) is 0 Å². The van der Waals surface area contributed by atoms with Gasteiger partial charge in [-0.15, -0.1) is 0 Å². The van der Waals surface area contributed by atoms with Gasteiger partial charge in [0.1, 0.15) is 0 Å². The van der Waals surface area contributed by atoms with Crippen molar-refractivity contribution in [3.8, 4) is 0 Å². The Morgan fingerprint density at radius 1 is 1.35 bits per heavy atom. The molecule has 2 saturated heterocycles. The van der Waals surface area contributed by atoms with E-state index in [0.717, 1.165) is 13.1 Å². The highest BCUT2D eigenvalue weighted by molar-refractivity contribution is 5.91. The van der Waals surface area contributed by atoms with Crippen LogP contribution in [0.25, 0.3) is 0 Å². The number of aryl methyl sites for hydroxylation is 1. The van der Waals surface area contributed by atoms with Gasteiger partial charge >= 0.3 is 0 Å². The summed E-state index contributed by atoms with van der Waals surface area (Å²) in [5.74, 6) is 0.662. The lowest BCUT2D eigenvalue weighted by Gasteiger charge is -2.25. The number of rotatable bonds is 3. The van der Waals surface area contributed by atoms with Crippen molar-refractivity contribution in [1.29, 1.82) is 0 Å². The average molecular weight is 277 g/mol. The number of nitrogens with zero attached hydrogens (tertiary/aromatic N) is 4. The zero-order valence-electron chi connectivity index (χ0n) is 12.2. The minimum absolute atomic E-state index is 0.0316. The summed E-state index contributed by atoms with van der Waals surface area (Å²) in [6.07, 6.45) is 5.58. The summed E-state index contributed by atoms with van der Waals surface area (Å²) in [5, 5.41) is 7.03. The van der Waals surface area contributed by atoms with Crippen LogP contribution in [0, 0.1) is 0 Å². The molecule has 3 heterocycles. The number of likely N-dealkylation sites (tertiary alicyclic amines) is 1. The van der Waals surface area contributed by atoms with E-state index < -0.39 is 0 Å². The summed E-state index contributed by atoms with van der Waals surface area (Å²) in [5.41, 5.74) is 0. The number of likely N-dealkylation sites (N-methyl/N-ethyl adjacent to an activating group) is 1. The molecule has 0 aliphatic carbocycles. The third kappa shape index (κ3) is 2.86. The van der Waals surface area contributed by atoms with Crippen molar-refractivity contribution in [2.45, 2.75) is 31.3 Å². The minimum atomic E-state index is 0.0316. The number of amides is 1. The van der Waals surface area contributed by atoms with Crippen molar-refractivity contribution in [2.24, 2.45) is 7.05 Å². The van der Waals surface area contributed by atoms with Gasteiger partial charge in [-0.1, -0.05) is 0 Å². The molecule has 0 spiro atoms. The Morgan fingerprint density at radius 3 is 2.90 bits per heavy atom. The van der Waals surface area contributed by atoms with E-state index in [1.165, 1.54) is 19.3 Å². The van der Waals surface area contributed by atoms with Crippen LogP contribution in [0.2, 0.25) is 0 Å². The molecule has 0 unspecified atom stereocenters. The van der Waals surface area contributed by atoms with Gasteiger partial charge in [-0.05, 0) is 26.3 Å². The number of carbonyl (C=O) groups is 1. The SMILES string of the molecule is CN1[C@H]2CC[C@@H]1CN(CC(=O)Nc1ccn(C)n1)CC2. The van der Waals surface area contributed by atoms with Crippen molar-refractivity contribution >= 4 is 11.7 Å². The number of nitrogens with one attached hydrogen (secondary N) is 1. The first kappa shape index (κ1) is 13.6. The quantitative estimate of drug-likeness (QED) is 0.875.